The van der Waals surface area contributed by atoms with E-state index in [1.807, 2.05) is 24.4 Å². The normalized spacial score (nSPS) is 18.5. The fourth-order valence-electron chi connectivity index (χ4n) is 3.48. The Morgan fingerprint density at radius 2 is 1.44 bits per heavy atom. The summed E-state index contributed by atoms with van der Waals surface area (Å²) in [6.45, 7) is 5.86. The zero-order chi connectivity index (χ0) is 17.1. The molecule has 132 valence electrons. The van der Waals surface area contributed by atoms with Gasteiger partial charge in [-0.2, -0.15) is 4.98 Å². The van der Waals surface area contributed by atoms with E-state index in [1.165, 1.54) is 19.3 Å². The summed E-state index contributed by atoms with van der Waals surface area (Å²) < 4.78 is 0. The van der Waals surface area contributed by atoms with Crippen LogP contribution < -0.4 is 14.7 Å². The Hall–Kier alpha value is -2.08. The van der Waals surface area contributed by atoms with E-state index in [-0.39, 0.29) is 0 Å². The molecule has 0 aliphatic carbocycles. The molecule has 0 saturated carbocycles. The molecule has 0 spiro atoms. The van der Waals surface area contributed by atoms with Crippen molar-refractivity contribution >= 4 is 29.2 Å². The highest BCUT2D eigenvalue weighted by Gasteiger charge is 2.20. The molecule has 2 aromatic heterocycles. The second kappa shape index (κ2) is 7.44. The van der Waals surface area contributed by atoms with Gasteiger partial charge in [0.15, 0.2) is 0 Å². The molecule has 0 atom stereocenters. The molecular weight excluding hydrogens is 336 g/mol. The summed E-state index contributed by atoms with van der Waals surface area (Å²) in [4.78, 5) is 20.7. The van der Waals surface area contributed by atoms with Gasteiger partial charge >= 0.3 is 0 Å². The maximum Gasteiger partial charge on any atom is 0.227 e. The van der Waals surface area contributed by atoms with Crippen molar-refractivity contribution in [3.8, 4) is 0 Å². The van der Waals surface area contributed by atoms with Crippen LogP contribution in [0.4, 0.5) is 17.6 Å². The number of pyridine rings is 1. The largest absolute Gasteiger partial charge is 0.353 e. The highest BCUT2D eigenvalue weighted by molar-refractivity contribution is 6.30. The van der Waals surface area contributed by atoms with Gasteiger partial charge in [-0.25, -0.2) is 9.97 Å². The Labute approximate surface area is 153 Å². The van der Waals surface area contributed by atoms with Gasteiger partial charge < -0.3 is 14.7 Å². The van der Waals surface area contributed by atoms with E-state index in [9.17, 15) is 0 Å². The summed E-state index contributed by atoms with van der Waals surface area (Å²) in [5, 5.41) is 0.675. The third-order valence-corrected chi connectivity index (χ3v) is 5.13. The monoisotopic (exact) mass is 358 g/mol. The van der Waals surface area contributed by atoms with Crippen LogP contribution in [0, 0.1) is 0 Å². The van der Waals surface area contributed by atoms with Gasteiger partial charge in [0.2, 0.25) is 5.95 Å². The number of rotatable bonds is 3. The molecule has 0 radical (unpaired) electrons. The van der Waals surface area contributed by atoms with Crippen LogP contribution in [0.15, 0.2) is 30.6 Å². The maximum atomic E-state index is 5.93. The van der Waals surface area contributed by atoms with Gasteiger partial charge in [0.25, 0.3) is 0 Å². The highest BCUT2D eigenvalue weighted by atomic mass is 35.5. The molecule has 4 rings (SSSR count). The first-order chi connectivity index (χ1) is 12.3. The zero-order valence-corrected chi connectivity index (χ0v) is 15.1. The summed E-state index contributed by atoms with van der Waals surface area (Å²) in [7, 11) is 0. The van der Waals surface area contributed by atoms with Gasteiger partial charge in [0.1, 0.15) is 11.6 Å². The average molecular weight is 359 g/mol. The van der Waals surface area contributed by atoms with Crippen molar-refractivity contribution in [1.82, 2.24) is 15.0 Å². The number of hydrogen-bond donors (Lipinski definition) is 0. The summed E-state index contributed by atoms with van der Waals surface area (Å²) in [6, 6.07) is 5.90. The molecule has 2 fully saturated rings. The Balaban J connectivity index is 1.41. The quantitative estimate of drug-likeness (QED) is 0.840. The summed E-state index contributed by atoms with van der Waals surface area (Å²) in [5.74, 6) is 2.89. The summed E-state index contributed by atoms with van der Waals surface area (Å²) in [6.07, 6.45) is 7.38. The molecule has 2 aromatic rings. The third-order valence-electron chi connectivity index (χ3n) is 4.91. The molecule has 4 heterocycles. The lowest BCUT2D eigenvalue weighted by Gasteiger charge is -2.36. The van der Waals surface area contributed by atoms with Crippen LogP contribution in [0.25, 0.3) is 0 Å². The van der Waals surface area contributed by atoms with Gasteiger partial charge in [0.05, 0.1) is 5.02 Å². The van der Waals surface area contributed by atoms with Gasteiger partial charge in [-0.1, -0.05) is 11.6 Å². The summed E-state index contributed by atoms with van der Waals surface area (Å²) in [5.41, 5.74) is 0. The number of anilines is 3. The number of aromatic nitrogens is 3. The molecule has 2 aliphatic heterocycles. The number of halogens is 1. The minimum Gasteiger partial charge on any atom is -0.353 e. The fraction of sp³-hybridized carbons (Fsp3) is 0.500. The van der Waals surface area contributed by atoms with Crippen LogP contribution >= 0.6 is 11.6 Å². The van der Waals surface area contributed by atoms with Gasteiger partial charge in [0, 0.05) is 51.7 Å². The zero-order valence-electron chi connectivity index (χ0n) is 14.3. The smallest absolute Gasteiger partial charge is 0.227 e. The van der Waals surface area contributed by atoms with Crippen molar-refractivity contribution in [2.45, 2.75) is 19.3 Å². The molecule has 7 heteroatoms. The number of piperidine rings is 1. The molecule has 0 aromatic carbocycles. The van der Waals surface area contributed by atoms with Crippen molar-refractivity contribution in [2.24, 2.45) is 0 Å². The predicted octanol–water partition coefficient (Wildman–Crippen LogP) is 2.84. The standard InChI is InChI=1S/C18H23ClN6/c19-15-4-5-16(21-14-15)23-10-12-24(13-11-23)17-6-7-20-18(22-17)25-8-2-1-3-9-25/h4-7,14H,1-3,8-13H2. The molecule has 0 unspecified atom stereocenters. The van der Waals surface area contributed by atoms with Crippen LogP contribution in [0.5, 0.6) is 0 Å². The lowest BCUT2D eigenvalue weighted by molar-refractivity contribution is 0.567. The molecule has 0 amide bonds. The average Bonchev–Trinajstić information content (AvgIpc) is 2.70. The van der Waals surface area contributed by atoms with Gasteiger partial charge in [-0.15, -0.1) is 0 Å². The molecule has 2 saturated heterocycles. The Kier molecular flexibility index (Phi) is 4.88. The second-order valence-corrected chi connectivity index (χ2v) is 7.01. The van der Waals surface area contributed by atoms with Crippen LogP contribution in [0.2, 0.25) is 5.02 Å². The van der Waals surface area contributed by atoms with Crippen LogP contribution in [-0.2, 0) is 0 Å². The van der Waals surface area contributed by atoms with E-state index in [1.54, 1.807) is 6.20 Å². The van der Waals surface area contributed by atoms with Crippen molar-refractivity contribution in [3.05, 3.63) is 35.6 Å². The first-order valence-corrected chi connectivity index (χ1v) is 9.37. The molecule has 0 bridgehead atoms. The van der Waals surface area contributed by atoms with E-state index >= 15 is 0 Å². The number of hydrogen-bond acceptors (Lipinski definition) is 6. The lowest BCUT2D eigenvalue weighted by atomic mass is 10.1. The van der Waals surface area contributed by atoms with E-state index in [0.717, 1.165) is 56.9 Å². The second-order valence-electron chi connectivity index (χ2n) is 6.57. The van der Waals surface area contributed by atoms with E-state index < -0.39 is 0 Å². The van der Waals surface area contributed by atoms with Crippen LogP contribution in [0.1, 0.15) is 19.3 Å². The van der Waals surface area contributed by atoms with E-state index in [0.29, 0.717) is 5.02 Å². The third kappa shape index (κ3) is 3.79. The van der Waals surface area contributed by atoms with Crippen molar-refractivity contribution < 1.29 is 0 Å². The Morgan fingerprint density at radius 1 is 0.720 bits per heavy atom. The topological polar surface area (TPSA) is 48.4 Å². The first-order valence-electron chi connectivity index (χ1n) is 8.99. The minimum atomic E-state index is 0.675. The van der Waals surface area contributed by atoms with Crippen molar-refractivity contribution in [2.75, 3.05) is 54.0 Å². The highest BCUT2D eigenvalue weighted by Crippen LogP contribution is 2.21. The SMILES string of the molecule is Clc1ccc(N2CCN(c3ccnc(N4CCCCC4)n3)CC2)nc1. The van der Waals surface area contributed by atoms with Crippen LogP contribution in [0.3, 0.4) is 0 Å². The summed E-state index contributed by atoms with van der Waals surface area (Å²) >= 11 is 5.93. The van der Waals surface area contributed by atoms with Crippen molar-refractivity contribution in [1.29, 1.82) is 0 Å². The van der Waals surface area contributed by atoms with Crippen molar-refractivity contribution in [3.63, 3.8) is 0 Å². The van der Waals surface area contributed by atoms with Gasteiger partial charge in [-0.05, 0) is 37.5 Å². The molecular formula is C18H23ClN6. The Bertz CT molecular complexity index is 693. The van der Waals surface area contributed by atoms with Crippen LogP contribution in [-0.4, -0.2) is 54.2 Å². The molecule has 0 N–H and O–H groups in total. The lowest BCUT2D eigenvalue weighted by Crippen LogP contribution is -2.47. The van der Waals surface area contributed by atoms with E-state index in [4.69, 9.17) is 16.6 Å². The molecule has 25 heavy (non-hydrogen) atoms. The number of nitrogens with zero attached hydrogens (tertiary/aromatic N) is 6. The molecule has 2 aliphatic rings. The fourth-order valence-corrected chi connectivity index (χ4v) is 3.59. The predicted molar refractivity (Wildman–Crippen MR) is 102 cm³/mol. The first kappa shape index (κ1) is 16.4. The minimum absolute atomic E-state index is 0.675. The molecule has 6 nitrogen and oxygen atoms in total. The Morgan fingerprint density at radius 3 is 2.12 bits per heavy atom. The van der Waals surface area contributed by atoms with Gasteiger partial charge in [-0.3, -0.25) is 0 Å². The maximum absolute atomic E-state index is 5.93. The van der Waals surface area contributed by atoms with E-state index in [2.05, 4.69) is 24.7 Å². The number of piperazine rings is 1.